The lowest BCUT2D eigenvalue weighted by Crippen LogP contribution is -1.89. The normalized spacial score (nSPS) is 10.6. The van der Waals surface area contributed by atoms with Crippen LogP contribution in [0.25, 0.3) is 11.1 Å². The van der Waals surface area contributed by atoms with Crippen LogP contribution in [-0.4, -0.2) is 10.8 Å². The fraction of sp³-hybridized carbons (Fsp3) is 0.111. The van der Waals surface area contributed by atoms with Crippen LogP contribution in [0.4, 0.5) is 0 Å². The van der Waals surface area contributed by atoms with Gasteiger partial charge in [0.25, 0.3) is 5.89 Å². The number of benzene rings is 1. The number of ketones is 1. The van der Waals surface area contributed by atoms with Gasteiger partial charge in [-0.2, -0.15) is 0 Å². The van der Waals surface area contributed by atoms with Crippen LogP contribution in [-0.2, 0) is 0 Å². The van der Waals surface area contributed by atoms with E-state index in [1.165, 1.54) is 6.92 Å². The van der Waals surface area contributed by atoms with Crippen molar-refractivity contribution in [3.63, 3.8) is 0 Å². The van der Waals surface area contributed by atoms with E-state index in [2.05, 4.69) is 20.9 Å². The third kappa shape index (κ3) is 1.49. The van der Waals surface area contributed by atoms with E-state index in [0.717, 1.165) is 4.47 Å². The molecule has 0 aliphatic heterocycles. The summed E-state index contributed by atoms with van der Waals surface area (Å²) in [6.07, 6.45) is 0. The summed E-state index contributed by atoms with van der Waals surface area (Å²) in [5, 5.41) is 0. The number of fused-ring (bicyclic) bond motifs is 1. The topological polar surface area (TPSA) is 43.1 Å². The molecule has 4 heteroatoms. The lowest BCUT2D eigenvalue weighted by atomic mass is 10.3. The molecule has 1 aromatic heterocycles. The van der Waals surface area contributed by atoms with Gasteiger partial charge in [0.1, 0.15) is 5.52 Å². The highest BCUT2D eigenvalue weighted by molar-refractivity contribution is 9.10. The van der Waals surface area contributed by atoms with Gasteiger partial charge in [0.05, 0.1) is 0 Å². The predicted octanol–water partition coefficient (Wildman–Crippen LogP) is 2.79. The molecule has 0 aliphatic rings. The van der Waals surface area contributed by atoms with E-state index >= 15 is 0 Å². The standard InChI is InChI=1S/C9H6BrNO2/c1-5(12)9-11-7-3-2-6(10)4-8(7)13-9/h2-4H,1H3. The lowest BCUT2D eigenvalue weighted by Gasteiger charge is -1.86. The van der Waals surface area contributed by atoms with E-state index in [9.17, 15) is 4.79 Å². The van der Waals surface area contributed by atoms with Gasteiger partial charge in [0, 0.05) is 11.4 Å². The zero-order chi connectivity index (χ0) is 9.42. The third-order valence-electron chi connectivity index (χ3n) is 1.65. The Bertz CT molecular complexity index is 475. The van der Waals surface area contributed by atoms with E-state index in [4.69, 9.17) is 4.42 Å². The number of Topliss-reactive ketones (excluding diaryl/α,β-unsaturated/α-hetero) is 1. The van der Waals surface area contributed by atoms with Gasteiger partial charge >= 0.3 is 0 Å². The summed E-state index contributed by atoms with van der Waals surface area (Å²) in [6, 6.07) is 5.44. The van der Waals surface area contributed by atoms with Crippen molar-refractivity contribution in [1.29, 1.82) is 0 Å². The van der Waals surface area contributed by atoms with Crippen LogP contribution in [0.2, 0.25) is 0 Å². The zero-order valence-corrected chi connectivity index (χ0v) is 8.46. The molecule has 0 fully saturated rings. The molecule has 3 nitrogen and oxygen atoms in total. The van der Waals surface area contributed by atoms with E-state index in [-0.39, 0.29) is 11.7 Å². The molecule has 0 spiro atoms. The van der Waals surface area contributed by atoms with Crippen molar-refractivity contribution in [3.8, 4) is 0 Å². The van der Waals surface area contributed by atoms with Crippen LogP contribution >= 0.6 is 15.9 Å². The van der Waals surface area contributed by atoms with Crippen LogP contribution < -0.4 is 0 Å². The van der Waals surface area contributed by atoms with Crippen molar-refractivity contribution in [3.05, 3.63) is 28.6 Å². The van der Waals surface area contributed by atoms with Crippen molar-refractivity contribution < 1.29 is 9.21 Å². The summed E-state index contributed by atoms with van der Waals surface area (Å²) >= 11 is 3.31. The molecule has 0 saturated carbocycles. The number of aromatic nitrogens is 1. The molecule has 0 bridgehead atoms. The zero-order valence-electron chi connectivity index (χ0n) is 6.87. The lowest BCUT2D eigenvalue weighted by molar-refractivity contribution is 0.0983. The molecule has 0 unspecified atom stereocenters. The van der Waals surface area contributed by atoms with Gasteiger partial charge in [-0.3, -0.25) is 4.79 Å². The molecule has 1 heterocycles. The molecule has 0 amide bonds. The summed E-state index contributed by atoms with van der Waals surface area (Å²) in [6.45, 7) is 1.43. The molecular formula is C9H6BrNO2. The average Bonchev–Trinajstić information content (AvgIpc) is 2.46. The Morgan fingerprint density at radius 1 is 1.54 bits per heavy atom. The first-order chi connectivity index (χ1) is 6.16. The molecule has 13 heavy (non-hydrogen) atoms. The third-order valence-corrected chi connectivity index (χ3v) is 2.14. The first kappa shape index (κ1) is 8.44. The number of oxazole rings is 1. The van der Waals surface area contributed by atoms with Crippen LogP contribution in [0.5, 0.6) is 0 Å². The molecule has 1 aromatic carbocycles. The minimum atomic E-state index is -0.160. The molecule has 0 saturated heterocycles. The number of nitrogens with zero attached hydrogens (tertiary/aromatic N) is 1. The largest absolute Gasteiger partial charge is 0.434 e. The molecule has 2 rings (SSSR count). The molecule has 0 aliphatic carbocycles. The summed E-state index contributed by atoms with van der Waals surface area (Å²) in [5.41, 5.74) is 1.33. The Morgan fingerprint density at radius 2 is 2.31 bits per heavy atom. The Kier molecular flexibility index (Phi) is 1.92. The Morgan fingerprint density at radius 3 is 3.00 bits per heavy atom. The van der Waals surface area contributed by atoms with Crippen LogP contribution in [0.15, 0.2) is 27.1 Å². The van der Waals surface area contributed by atoms with Gasteiger partial charge in [-0.15, -0.1) is 0 Å². The van der Waals surface area contributed by atoms with Gasteiger partial charge in [-0.1, -0.05) is 15.9 Å². The van der Waals surface area contributed by atoms with Crippen molar-refractivity contribution in [1.82, 2.24) is 4.98 Å². The SMILES string of the molecule is CC(=O)c1nc2ccc(Br)cc2o1. The highest BCUT2D eigenvalue weighted by atomic mass is 79.9. The summed E-state index contributed by atoms with van der Waals surface area (Å²) in [7, 11) is 0. The van der Waals surface area contributed by atoms with E-state index in [1.807, 2.05) is 6.07 Å². The molecule has 0 atom stereocenters. The smallest absolute Gasteiger partial charge is 0.263 e. The number of rotatable bonds is 1. The maximum atomic E-state index is 10.9. The maximum Gasteiger partial charge on any atom is 0.263 e. The van der Waals surface area contributed by atoms with Crippen molar-refractivity contribution in [2.24, 2.45) is 0 Å². The van der Waals surface area contributed by atoms with E-state index in [1.54, 1.807) is 12.1 Å². The average molecular weight is 240 g/mol. The van der Waals surface area contributed by atoms with Crippen LogP contribution in [0, 0.1) is 0 Å². The number of carbonyl (C=O) groups excluding carboxylic acids is 1. The van der Waals surface area contributed by atoms with Gasteiger partial charge in [0.15, 0.2) is 5.58 Å². The second-order valence-electron chi connectivity index (χ2n) is 2.69. The number of carbonyl (C=O) groups is 1. The van der Waals surface area contributed by atoms with Crippen LogP contribution in [0.1, 0.15) is 17.6 Å². The first-order valence-electron chi connectivity index (χ1n) is 3.74. The van der Waals surface area contributed by atoms with Crippen LogP contribution in [0.3, 0.4) is 0 Å². The number of hydrogen-bond donors (Lipinski definition) is 0. The summed E-state index contributed by atoms with van der Waals surface area (Å²) in [4.78, 5) is 14.9. The number of halogens is 1. The Hall–Kier alpha value is -1.16. The van der Waals surface area contributed by atoms with Gasteiger partial charge < -0.3 is 4.42 Å². The quantitative estimate of drug-likeness (QED) is 0.719. The van der Waals surface area contributed by atoms with Crippen molar-refractivity contribution in [2.75, 3.05) is 0 Å². The minimum absolute atomic E-state index is 0.160. The predicted molar refractivity (Wildman–Crippen MR) is 51.7 cm³/mol. The molecule has 0 N–H and O–H groups in total. The molecular weight excluding hydrogens is 234 g/mol. The highest BCUT2D eigenvalue weighted by Gasteiger charge is 2.09. The fourth-order valence-corrected chi connectivity index (χ4v) is 1.39. The van der Waals surface area contributed by atoms with Gasteiger partial charge in [-0.25, -0.2) is 4.98 Å². The van der Waals surface area contributed by atoms with Gasteiger partial charge in [0.2, 0.25) is 5.78 Å². The minimum Gasteiger partial charge on any atom is -0.434 e. The molecule has 2 aromatic rings. The fourth-order valence-electron chi connectivity index (χ4n) is 1.05. The maximum absolute atomic E-state index is 10.9. The Balaban J connectivity index is 2.68. The van der Waals surface area contributed by atoms with Gasteiger partial charge in [-0.05, 0) is 18.2 Å². The first-order valence-corrected chi connectivity index (χ1v) is 4.53. The second-order valence-corrected chi connectivity index (χ2v) is 3.60. The van der Waals surface area contributed by atoms with E-state index in [0.29, 0.717) is 11.1 Å². The van der Waals surface area contributed by atoms with Crippen molar-refractivity contribution in [2.45, 2.75) is 6.92 Å². The molecule has 0 radical (unpaired) electrons. The van der Waals surface area contributed by atoms with Crippen molar-refractivity contribution >= 4 is 32.8 Å². The Labute approximate surface area is 82.9 Å². The number of hydrogen-bond acceptors (Lipinski definition) is 3. The summed E-state index contributed by atoms with van der Waals surface area (Å²) in [5.74, 6) is 0.000391. The van der Waals surface area contributed by atoms with E-state index < -0.39 is 0 Å². The summed E-state index contributed by atoms with van der Waals surface area (Å²) < 4.78 is 6.13. The molecule has 66 valence electrons. The second kappa shape index (κ2) is 2.96. The monoisotopic (exact) mass is 239 g/mol. The highest BCUT2D eigenvalue weighted by Crippen LogP contribution is 2.20.